The van der Waals surface area contributed by atoms with E-state index in [4.69, 9.17) is 4.74 Å². The zero-order valence-electron chi connectivity index (χ0n) is 18.7. The maximum atomic E-state index is 14.1. The van der Waals surface area contributed by atoms with E-state index in [0.717, 1.165) is 18.3 Å². The Kier molecular flexibility index (Phi) is 7.29. The van der Waals surface area contributed by atoms with Crippen LogP contribution in [-0.4, -0.2) is 34.4 Å². The molecule has 0 saturated carbocycles. The van der Waals surface area contributed by atoms with Crippen LogP contribution in [0.5, 0.6) is 11.8 Å². The zero-order chi connectivity index (χ0) is 26.1. The summed E-state index contributed by atoms with van der Waals surface area (Å²) in [6.45, 7) is 2.68. The monoisotopic (exact) mass is 517 g/mol. The molecule has 3 aromatic rings. The summed E-state index contributed by atoms with van der Waals surface area (Å²) in [4.78, 5) is 20.2. The van der Waals surface area contributed by atoms with Crippen molar-refractivity contribution in [3.63, 3.8) is 0 Å². The van der Waals surface area contributed by atoms with E-state index < -0.39 is 62.5 Å². The first-order chi connectivity index (χ1) is 16.1. The largest absolute Gasteiger partial charge is 0.421 e. The van der Waals surface area contributed by atoms with Gasteiger partial charge in [-0.2, -0.15) is 23.1 Å². The van der Waals surface area contributed by atoms with Gasteiger partial charge in [0.05, 0.1) is 22.4 Å². The van der Waals surface area contributed by atoms with Crippen molar-refractivity contribution in [1.29, 1.82) is 0 Å². The molecule has 0 atom stereocenters. The van der Waals surface area contributed by atoms with Gasteiger partial charge < -0.3 is 9.30 Å². The first kappa shape index (κ1) is 26.3. The molecule has 0 aliphatic rings. The van der Waals surface area contributed by atoms with Crippen LogP contribution < -0.4 is 10.3 Å². The highest BCUT2D eigenvalue weighted by atomic mass is 32.2. The SMILES string of the molecule is Cc1cc(-c2cc(CS(=O)(=O)C(C)C)nc(Oc3ccc(F)cc3F)n2)cn(CC(F)(F)F)c1=O. The number of benzene rings is 1. The molecule has 0 spiro atoms. The summed E-state index contributed by atoms with van der Waals surface area (Å²) >= 11 is 0. The molecule has 0 saturated heterocycles. The first-order valence-electron chi connectivity index (χ1n) is 10.2. The Morgan fingerprint density at radius 3 is 2.37 bits per heavy atom. The van der Waals surface area contributed by atoms with Crippen LogP contribution in [0.25, 0.3) is 11.3 Å². The average Bonchev–Trinajstić information content (AvgIpc) is 2.71. The Labute approximate surface area is 197 Å². The number of halogens is 5. The molecule has 0 bridgehead atoms. The minimum Gasteiger partial charge on any atom is -0.421 e. The number of aromatic nitrogens is 3. The van der Waals surface area contributed by atoms with Crippen molar-refractivity contribution < 1.29 is 35.1 Å². The van der Waals surface area contributed by atoms with Gasteiger partial charge in [-0.05, 0) is 45.0 Å². The molecule has 13 heteroatoms. The van der Waals surface area contributed by atoms with Gasteiger partial charge in [-0.1, -0.05) is 0 Å². The maximum Gasteiger partial charge on any atom is 0.406 e. The van der Waals surface area contributed by atoms with Crippen LogP contribution in [0, 0.1) is 18.6 Å². The third kappa shape index (κ3) is 6.62. The minimum absolute atomic E-state index is 0.0197. The van der Waals surface area contributed by atoms with Crippen molar-refractivity contribution in [2.45, 2.75) is 44.5 Å². The molecule has 2 heterocycles. The highest BCUT2D eigenvalue weighted by molar-refractivity contribution is 7.91. The topological polar surface area (TPSA) is 91.2 Å². The number of alkyl halides is 3. The van der Waals surface area contributed by atoms with E-state index >= 15 is 0 Å². The third-order valence-electron chi connectivity index (χ3n) is 4.83. The second-order valence-electron chi connectivity index (χ2n) is 8.02. The summed E-state index contributed by atoms with van der Waals surface area (Å²) in [7, 11) is -3.67. The molecule has 0 aliphatic carbocycles. The van der Waals surface area contributed by atoms with Crippen molar-refractivity contribution in [3.8, 4) is 23.0 Å². The fraction of sp³-hybridized carbons (Fsp3) is 0.318. The number of rotatable bonds is 7. The molecule has 0 amide bonds. The fourth-order valence-electron chi connectivity index (χ4n) is 3.01. The van der Waals surface area contributed by atoms with E-state index in [1.54, 1.807) is 0 Å². The van der Waals surface area contributed by atoms with Crippen LogP contribution in [0.4, 0.5) is 22.0 Å². The summed E-state index contributed by atoms with van der Waals surface area (Å²) in [5.74, 6) is -2.97. The van der Waals surface area contributed by atoms with Gasteiger partial charge in [0.25, 0.3) is 5.56 Å². The predicted molar refractivity (Wildman–Crippen MR) is 117 cm³/mol. The molecule has 2 aromatic heterocycles. The van der Waals surface area contributed by atoms with Crippen molar-refractivity contribution >= 4 is 9.84 Å². The van der Waals surface area contributed by atoms with Gasteiger partial charge in [-0.25, -0.2) is 17.2 Å². The highest BCUT2D eigenvalue weighted by Crippen LogP contribution is 2.27. The Bertz CT molecular complexity index is 1420. The number of hydrogen-bond acceptors (Lipinski definition) is 6. The van der Waals surface area contributed by atoms with Gasteiger partial charge in [0.1, 0.15) is 12.4 Å². The minimum atomic E-state index is -4.68. The number of aryl methyl sites for hydroxylation is 1. The van der Waals surface area contributed by atoms with Crippen LogP contribution in [0.1, 0.15) is 25.1 Å². The highest BCUT2D eigenvalue weighted by Gasteiger charge is 2.29. The Hall–Kier alpha value is -3.35. The van der Waals surface area contributed by atoms with Gasteiger partial charge in [-0.15, -0.1) is 0 Å². The van der Waals surface area contributed by atoms with Gasteiger partial charge in [0.15, 0.2) is 21.4 Å². The smallest absolute Gasteiger partial charge is 0.406 e. The normalized spacial score (nSPS) is 12.3. The van der Waals surface area contributed by atoms with Gasteiger partial charge in [0.2, 0.25) is 0 Å². The summed E-state index contributed by atoms with van der Waals surface area (Å²) < 4.78 is 96.8. The van der Waals surface area contributed by atoms with Crippen molar-refractivity contribution in [1.82, 2.24) is 14.5 Å². The van der Waals surface area contributed by atoms with E-state index in [-0.39, 0.29) is 22.5 Å². The Morgan fingerprint density at radius 2 is 1.77 bits per heavy atom. The van der Waals surface area contributed by atoms with Gasteiger partial charge >= 0.3 is 12.2 Å². The van der Waals surface area contributed by atoms with Crippen molar-refractivity contribution in [2.24, 2.45) is 0 Å². The van der Waals surface area contributed by atoms with Gasteiger partial charge in [-0.3, -0.25) is 4.79 Å². The quantitative estimate of drug-likeness (QED) is 0.427. The molecule has 7 nitrogen and oxygen atoms in total. The standard InChI is InChI=1S/C22H20F5N3O4S/c1-12(2)35(32,33)10-16-8-18(14-6-13(3)20(31)30(9-14)11-22(25,26)27)29-21(28-16)34-19-5-4-15(23)7-17(19)24/h4-9,12H,10-11H2,1-3H3. The van der Waals surface area contributed by atoms with Crippen molar-refractivity contribution in [3.05, 3.63) is 69.8 Å². The summed E-state index contributed by atoms with van der Waals surface area (Å²) in [6, 6.07) is 4.43. The molecule has 1 aromatic carbocycles. The molecule has 0 aliphatic heterocycles. The molecule has 0 unspecified atom stereocenters. The molecule has 0 fully saturated rings. The van der Waals surface area contributed by atoms with Crippen LogP contribution in [0.15, 0.2) is 41.3 Å². The van der Waals surface area contributed by atoms with Crippen molar-refractivity contribution in [2.75, 3.05) is 0 Å². The maximum absolute atomic E-state index is 14.1. The average molecular weight is 517 g/mol. The van der Waals surface area contributed by atoms with Crippen LogP contribution in [0.3, 0.4) is 0 Å². The van der Waals surface area contributed by atoms with Crippen LogP contribution in [0.2, 0.25) is 0 Å². The van der Waals surface area contributed by atoms with E-state index in [1.807, 2.05) is 0 Å². The van der Waals surface area contributed by atoms with E-state index in [2.05, 4.69) is 9.97 Å². The number of nitrogens with zero attached hydrogens (tertiary/aromatic N) is 3. The second kappa shape index (κ2) is 9.72. The number of ether oxygens (including phenoxy) is 1. The molecule has 3 rings (SSSR count). The molecule has 35 heavy (non-hydrogen) atoms. The Morgan fingerprint density at radius 1 is 1.09 bits per heavy atom. The molecular formula is C22H20F5N3O4S. The van der Waals surface area contributed by atoms with E-state index in [0.29, 0.717) is 10.6 Å². The molecular weight excluding hydrogens is 497 g/mol. The number of pyridine rings is 1. The van der Waals surface area contributed by atoms with Crippen LogP contribution >= 0.6 is 0 Å². The number of hydrogen-bond donors (Lipinski definition) is 0. The fourth-order valence-corrected chi connectivity index (χ4v) is 3.90. The lowest BCUT2D eigenvalue weighted by atomic mass is 10.1. The lowest BCUT2D eigenvalue weighted by molar-refractivity contribution is -0.141. The Balaban J connectivity index is 2.15. The summed E-state index contributed by atoms with van der Waals surface area (Å²) in [5.41, 5.74) is -0.985. The first-order valence-corrected chi connectivity index (χ1v) is 11.9. The number of sulfone groups is 1. The second-order valence-corrected chi connectivity index (χ2v) is 10.6. The molecule has 0 N–H and O–H groups in total. The lowest BCUT2D eigenvalue weighted by Gasteiger charge is -2.14. The summed E-state index contributed by atoms with van der Waals surface area (Å²) in [6.07, 6.45) is -3.75. The molecule has 188 valence electrons. The zero-order valence-corrected chi connectivity index (χ0v) is 19.5. The van der Waals surface area contributed by atoms with Gasteiger partial charge in [0, 0.05) is 23.4 Å². The molecule has 0 radical (unpaired) electrons. The van der Waals surface area contributed by atoms with E-state index in [1.165, 1.54) is 32.9 Å². The van der Waals surface area contributed by atoms with Crippen LogP contribution in [-0.2, 0) is 22.1 Å². The lowest BCUT2D eigenvalue weighted by Crippen LogP contribution is -2.29. The van der Waals surface area contributed by atoms with E-state index in [9.17, 15) is 35.2 Å². The summed E-state index contributed by atoms with van der Waals surface area (Å²) in [5, 5.41) is -0.768. The third-order valence-corrected chi connectivity index (χ3v) is 6.97. The predicted octanol–water partition coefficient (Wildman–Crippen LogP) is 4.57.